The Morgan fingerprint density at radius 3 is 2.21 bits per heavy atom. The molecular weight excluding hydrogens is 278 g/mol. The quantitative estimate of drug-likeness (QED) is 0.482. The van der Waals surface area contributed by atoms with Gasteiger partial charge in [-0.05, 0) is 11.5 Å². The lowest BCUT2D eigenvalue weighted by Crippen LogP contribution is -2.64. The molecule has 0 amide bonds. The molecule has 1 unspecified atom stereocenters. The van der Waals surface area contributed by atoms with Crippen molar-refractivity contribution in [3.63, 3.8) is 0 Å². The first-order chi connectivity index (χ1) is 11.3. The van der Waals surface area contributed by atoms with Crippen molar-refractivity contribution in [2.24, 2.45) is 7.05 Å². The van der Waals surface area contributed by atoms with Gasteiger partial charge < -0.3 is 0 Å². The Balaban J connectivity index is 1.95. The molecule has 1 aromatic heterocycles. The number of rotatable bonds is 5. The molecule has 1 nitrogen and oxygen atoms in total. The van der Waals surface area contributed by atoms with Crippen molar-refractivity contribution in [1.29, 1.82) is 0 Å². The van der Waals surface area contributed by atoms with Crippen LogP contribution in [0, 0.1) is 0 Å². The van der Waals surface area contributed by atoms with Crippen molar-refractivity contribution in [1.82, 2.24) is 0 Å². The summed E-state index contributed by atoms with van der Waals surface area (Å²) in [5, 5.41) is 2.46. The van der Waals surface area contributed by atoms with Gasteiger partial charge in [0, 0.05) is 81.5 Å². The Hall–Kier alpha value is -0.721. The summed E-state index contributed by atoms with van der Waals surface area (Å²) in [7, 11) is 32.0. The van der Waals surface area contributed by atoms with Crippen LogP contribution >= 0.6 is 0 Å². The van der Waals surface area contributed by atoms with E-state index in [1.807, 2.05) is 0 Å². The number of fused-ring (bicyclic) bond motifs is 1. The van der Waals surface area contributed by atoms with E-state index in [1.54, 1.807) is 0 Å². The highest BCUT2D eigenvalue weighted by molar-refractivity contribution is 8.01. The molecular formula is C13H14B10N+. The fourth-order valence-electron chi connectivity index (χ4n) is 4.21. The number of nitrogens with zero attached hydrogens (tertiary/aromatic N) is 1. The molecule has 10 radical (unpaired) electrons. The molecule has 24 heavy (non-hydrogen) atoms. The first-order valence-corrected chi connectivity index (χ1v) is 8.49. The summed E-state index contributed by atoms with van der Waals surface area (Å²) in [6.07, 6.45) is 0.504. The molecule has 1 aromatic carbocycles. The number of benzene rings is 1. The van der Waals surface area contributed by atoms with Gasteiger partial charge in [-0.3, -0.25) is 0 Å². The highest BCUT2D eigenvalue weighted by Gasteiger charge is 2.59. The van der Waals surface area contributed by atoms with E-state index < -0.39 is 19.2 Å². The average molecular weight is 292 g/mol. The molecule has 1 saturated heterocycles. The summed E-state index contributed by atoms with van der Waals surface area (Å²) >= 11 is 0. The number of hydrogen-bond donors (Lipinski definition) is 0. The molecule has 11 heteroatoms. The van der Waals surface area contributed by atoms with Gasteiger partial charge in [0.2, 0.25) is 0 Å². The van der Waals surface area contributed by atoms with E-state index in [-0.39, 0.29) is 6.39 Å². The molecule has 0 saturated carbocycles. The second-order valence-corrected chi connectivity index (χ2v) is 7.21. The van der Waals surface area contributed by atoms with Crippen molar-refractivity contribution in [2.45, 2.75) is 18.6 Å². The van der Waals surface area contributed by atoms with Crippen LogP contribution in [0.25, 0.3) is 10.8 Å². The van der Waals surface area contributed by atoms with E-state index in [2.05, 4.69) is 55.1 Å². The largest absolute Gasteiger partial charge is 0.205 e. The average Bonchev–Trinajstić information content (AvgIpc) is 3.16. The molecule has 1 fully saturated rings. The van der Waals surface area contributed by atoms with E-state index in [1.165, 1.54) is 16.5 Å². The van der Waals surface area contributed by atoms with Gasteiger partial charge in [0.15, 0.2) is 11.9 Å². The number of hydrogen-bond acceptors (Lipinski definition) is 0. The van der Waals surface area contributed by atoms with E-state index in [4.69, 9.17) is 38.7 Å². The molecule has 1 aliphatic rings. The number of aromatic nitrogens is 1. The standard InChI is InChI=1S/C13H14B10N/c1-9-13(19(9)23(21(16)17)22(18)20(14)15)12-7-10-5-3-4-6-11(10)8-24(12)2/h3-9,13H,1-2H3/q+1/t9-,13?/m0/s1. The third-order valence-corrected chi connectivity index (χ3v) is 5.61. The van der Waals surface area contributed by atoms with Crippen molar-refractivity contribution < 1.29 is 4.57 Å². The summed E-state index contributed by atoms with van der Waals surface area (Å²) in [5.74, 6) is 0.811. The van der Waals surface area contributed by atoms with Crippen LogP contribution in [-0.4, -0.2) is 70.8 Å². The molecule has 3 rings (SSSR count). The van der Waals surface area contributed by atoms with Crippen molar-refractivity contribution in [3.05, 3.63) is 42.2 Å². The topological polar surface area (TPSA) is 3.88 Å². The van der Waals surface area contributed by atoms with Crippen LogP contribution in [-0.2, 0) is 7.05 Å². The monoisotopic (exact) mass is 294 g/mol. The van der Waals surface area contributed by atoms with Crippen molar-refractivity contribution in [2.75, 3.05) is 0 Å². The highest BCUT2D eigenvalue weighted by atomic mass is 14.9. The maximum atomic E-state index is 6.22. The van der Waals surface area contributed by atoms with Crippen molar-refractivity contribution >= 4 is 81.6 Å². The maximum Gasteiger partial charge on any atom is 0.176 e. The van der Waals surface area contributed by atoms with Crippen LogP contribution in [0.3, 0.4) is 0 Å². The van der Waals surface area contributed by atoms with Gasteiger partial charge >= 0.3 is 0 Å². The van der Waals surface area contributed by atoms with Crippen LogP contribution < -0.4 is 4.57 Å². The lowest BCUT2D eigenvalue weighted by molar-refractivity contribution is -0.677. The van der Waals surface area contributed by atoms with Crippen LogP contribution in [0.4, 0.5) is 0 Å². The fraction of sp³-hybridized carbons (Fsp3) is 0.308. The van der Waals surface area contributed by atoms with E-state index in [0.29, 0.717) is 18.2 Å². The van der Waals surface area contributed by atoms with Gasteiger partial charge in [0.25, 0.3) is 0 Å². The minimum Gasteiger partial charge on any atom is -0.205 e. The minimum absolute atomic E-state index is 0.100. The second-order valence-electron chi connectivity index (χ2n) is 7.21. The Bertz CT molecular complexity index is 738. The molecule has 0 bridgehead atoms. The molecule has 2 aromatic rings. The van der Waals surface area contributed by atoms with Crippen LogP contribution in [0.2, 0.25) is 5.82 Å². The highest BCUT2D eigenvalue weighted by Crippen LogP contribution is 2.51. The predicted molar refractivity (Wildman–Crippen MR) is 115 cm³/mol. The Morgan fingerprint density at radius 1 is 1.00 bits per heavy atom. The van der Waals surface area contributed by atoms with Crippen molar-refractivity contribution in [3.8, 4) is 0 Å². The second kappa shape index (κ2) is 6.88. The lowest BCUT2D eigenvalue weighted by Gasteiger charge is -2.25. The van der Waals surface area contributed by atoms with Gasteiger partial charge in [-0.1, -0.05) is 30.9 Å². The zero-order valence-electron chi connectivity index (χ0n) is 14.3. The zero-order valence-corrected chi connectivity index (χ0v) is 14.3. The number of pyridine rings is 1. The molecule has 0 N–H and O–H groups in total. The van der Waals surface area contributed by atoms with E-state index >= 15 is 0 Å². The third kappa shape index (κ3) is 3.20. The molecule has 2 atom stereocenters. The van der Waals surface area contributed by atoms with Gasteiger partial charge in [0.05, 0.1) is 0 Å². The van der Waals surface area contributed by atoms with Gasteiger partial charge in [-0.25, -0.2) is 4.57 Å². The van der Waals surface area contributed by atoms with E-state index in [9.17, 15) is 0 Å². The Labute approximate surface area is 154 Å². The molecule has 0 spiro atoms. The summed E-state index contributed by atoms with van der Waals surface area (Å²) in [6.45, 7) is 2.51. The van der Waals surface area contributed by atoms with Gasteiger partial charge in [0.1, 0.15) is 13.7 Å². The predicted octanol–water partition coefficient (Wildman–Crippen LogP) is -1.20. The molecule has 1 aliphatic heterocycles. The number of aryl methyl sites for hydroxylation is 1. The molecule has 0 aliphatic carbocycles. The summed E-state index contributed by atoms with van der Waals surface area (Å²) in [4.78, 5) is 0. The zero-order chi connectivity index (χ0) is 17.6. The SMILES string of the molecule is [B]B([B])B([B])B(B([B])[B])B1C(c2cc3ccccc3c[n+]2C)[C@@H]1C. The van der Waals surface area contributed by atoms with Crippen LogP contribution in [0.5, 0.6) is 0 Å². The minimum atomic E-state index is -0.622. The van der Waals surface area contributed by atoms with Gasteiger partial charge in [-0.15, -0.1) is 0 Å². The lowest BCUT2D eigenvalue weighted by atomic mass is 8.57. The fourth-order valence-corrected chi connectivity index (χ4v) is 4.21. The molecule has 2 heterocycles. The summed E-state index contributed by atoms with van der Waals surface area (Å²) < 4.78 is 2.19. The van der Waals surface area contributed by atoms with Crippen LogP contribution in [0.15, 0.2) is 36.5 Å². The summed E-state index contributed by atoms with van der Waals surface area (Å²) in [5.41, 5.74) is 1.27. The Morgan fingerprint density at radius 2 is 1.62 bits per heavy atom. The first kappa shape index (κ1) is 18.1. The normalized spacial score (nSPS) is 19.2. The smallest absolute Gasteiger partial charge is 0.176 e. The maximum absolute atomic E-state index is 6.22. The third-order valence-electron chi connectivity index (χ3n) is 5.61. The van der Waals surface area contributed by atoms with E-state index in [0.717, 1.165) is 0 Å². The summed E-state index contributed by atoms with van der Waals surface area (Å²) in [6, 6.07) is 10.6. The molecule has 100 valence electrons. The van der Waals surface area contributed by atoms with Crippen LogP contribution in [0.1, 0.15) is 18.4 Å². The van der Waals surface area contributed by atoms with Gasteiger partial charge in [-0.2, -0.15) is 0 Å². The first-order valence-electron chi connectivity index (χ1n) is 8.49. The Kier molecular flexibility index (Phi) is 5.19.